The van der Waals surface area contributed by atoms with Crippen molar-refractivity contribution in [3.05, 3.63) is 48.6 Å². The second-order valence-corrected chi connectivity index (χ2v) is 12.4. The first-order chi connectivity index (χ1) is 20.5. The Hall–Kier alpha value is -1.61. The molecule has 0 aromatic rings. The van der Waals surface area contributed by atoms with Crippen molar-refractivity contribution < 1.29 is 9.53 Å². The van der Waals surface area contributed by atoms with Crippen molar-refractivity contribution in [2.75, 3.05) is 20.6 Å². The summed E-state index contributed by atoms with van der Waals surface area (Å²) in [6.45, 7) is 7.76. The lowest BCUT2D eigenvalue weighted by Gasteiger charge is -2.27. The third-order valence-corrected chi connectivity index (χ3v) is 7.92. The number of unbranched alkanes of at least 4 members (excludes halogenated alkanes) is 11. The van der Waals surface area contributed by atoms with Crippen molar-refractivity contribution in [1.82, 2.24) is 4.90 Å². The minimum absolute atomic E-state index is 0.00985. The van der Waals surface area contributed by atoms with E-state index in [1.165, 1.54) is 64.2 Å². The van der Waals surface area contributed by atoms with Gasteiger partial charge in [-0.05, 0) is 129 Å². The highest BCUT2D eigenvalue weighted by atomic mass is 16.5. The average Bonchev–Trinajstić information content (AvgIpc) is 2.97. The Kier molecular flexibility index (Phi) is 31.1. The summed E-state index contributed by atoms with van der Waals surface area (Å²) in [4.78, 5) is 15.1. The highest BCUT2D eigenvalue weighted by molar-refractivity contribution is 5.69. The molecular weight excluding hydrogens is 514 g/mol. The van der Waals surface area contributed by atoms with Crippen LogP contribution in [0.3, 0.4) is 0 Å². The molecule has 3 nitrogen and oxygen atoms in total. The van der Waals surface area contributed by atoms with Crippen LogP contribution in [0.1, 0.15) is 162 Å². The number of carbonyl (C=O) groups is 1. The molecule has 0 aliphatic heterocycles. The maximum atomic E-state index is 13.0. The van der Waals surface area contributed by atoms with Crippen LogP contribution in [0.2, 0.25) is 0 Å². The minimum Gasteiger partial charge on any atom is -0.462 e. The van der Waals surface area contributed by atoms with E-state index >= 15 is 0 Å². The van der Waals surface area contributed by atoms with Crippen molar-refractivity contribution in [2.24, 2.45) is 5.92 Å². The van der Waals surface area contributed by atoms with Crippen LogP contribution in [0.15, 0.2) is 48.6 Å². The summed E-state index contributed by atoms with van der Waals surface area (Å²) >= 11 is 0. The smallest absolute Gasteiger partial charge is 0.306 e. The van der Waals surface area contributed by atoms with E-state index in [0.29, 0.717) is 12.3 Å². The molecule has 0 aliphatic carbocycles. The largest absolute Gasteiger partial charge is 0.462 e. The zero-order valence-electron chi connectivity index (χ0n) is 28.8. The van der Waals surface area contributed by atoms with E-state index in [2.05, 4.69) is 88.4 Å². The molecule has 0 amide bonds. The fraction of sp³-hybridized carbons (Fsp3) is 0.769. The Morgan fingerprint density at radius 3 is 1.60 bits per heavy atom. The third-order valence-electron chi connectivity index (χ3n) is 7.92. The Morgan fingerprint density at radius 2 is 1.07 bits per heavy atom. The van der Waals surface area contributed by atoms with E-state index in [0.717, 1.165) is 77.2 Å². The predicted molar refractivity (Wildman–Crippen MR) is 187 cm³/mol. The highest BCUT2D eigenvalue weighted by Crippen LogP contribution is 2.27. The second kappa shape index (κ2) is 32.3. The molecule has 244 valence electrons. The number of hydrogen-bond donors (Lipinski definition) is 0. The van der Waals surface area contributed by atoms with Crippen LogP contribution in [0.5, 0.6) is 0 Å². The number of carbonyl (C=O) groups excluding carboxylic acids is 1. The lowest BCUT2D eigenvalue weighted by Crippen LogP contribution is -2.27. The molecule has 0 aliphatic rings. The number of esters is 1. The third kappa shape index (κ3) is 28.5. The lowest BCUT2D eigenvalue weighted by atomic mass is 9.87. The van der Waals surface area contributed by atoms with Gasteiger partial charge in [0.15, 0.2) is 0 Å². The van der Waals surface area contributed by atoms with E-state index in [9.17, 15) is 4.79 Å². The first-order valence-electron chi connectivity index (χ1n) is 18.0. The second-order valence-electron chi connectivity index (χ2n) is 12.4. The van der Waals surface area contributed by atoms with Gasteiger partial charge in [-0.25, -0.2) is 0 Å². The summed E-state index contributed by atoms with van der Waals surface area (Å²) in [7, 11) is 4.18. The van der Waals surface area contributed by atoms with E-state index < -0.39 is 0 Å². The molecule has 3 heteroatoms. The Bertz CT molecular complexity index is 690. The van der Waals surface area contributed by atoms with Gasteiger partial charge in [0, 0.05) is 6.42 Å². The van der Waals surface area contributed by atoms with Crippen molar-refractivity contribution >= 4 is 5.97 Å². The topological polar surface area (TPSA) is 29.5 Å². The molecule has 42 heavy (non-hydrogen) atoms. The first kappa shape index (κ1) is 40.4. The maximum Gasteiger partial charge on any atom is 0.306 e. The van der Waals surface area contributed by atoms with Gasteiger partial charge >= 0.3 is 5.97 Å². The summed E-state index contributed by atoms with van der Waals surface area (Å²) in [5.41, 5.74) is 0. The highest BCUT2D eigenvalue weighted by Gasteiger charge is 2.24. The molecule has 0 fully saturated rings. The molecule has 0 aromatic carbocycles. The maximum absolute atomic E-state index is 13.0. The molecule has 0 bridgehead atoms. The number of allylic oxidation sites excluding steroid dienone is 8. The monoisotopic (exact) mass is 586 g/mol. The fourth-order valence-corrected chi connectivity index (χ4v) is 5.28. The number of nitrogens with zero attached hydrogens (tertiary/aromatic N) is 1. The summed E-state index contributed by atoms with van der Waals surface area (Å²) in [5, 5.41) is 0. The molecule has 2 unspecified atom stereocenters. The predicted octanol–water partition coefficient (Wildman–Crippen LogP) is 11.9. The van der Waals surface area contributed by atoms with Crippen molar-refractivity contribution in [3.63, 3.8) is 0 Å². The minimum atomic E-state index is 0.00985. The Morgan fingerprint density at radius 1 is 0.571 bits per heavy atom. The van der Waals surface area contributed by atoms with E-state index in [1.807, 2.05) is 0 Å². The zero-order valence-corrected chi connectivity index (χ0v) is 28.8. The summed E-state index contributed by atoms with van der Waals surface area (Å²) in [5.74, 6) is 0.456. The molecule has 0 aromatic heterocycles. The molecule has 0 saturated heterocycles. The fourth-order valence-electron chi connectivity index (χ4n) is 5.28. The number of hydrogen-bond acceptors (Lipinski definition) is 3. The van der Waals surface area contributed by atoms with Gasteiger partial charge in [0.05, 0.1) is 0 Å². The van der Waals surface area contributed by atoms with Crippen molar-refractivity contribution in [2.45, 2.75) is 168 Å². The molecule has 0 rings (SSSR count). The first-order valence-corrected chi connectivity index (χ1v) is 18.0. The van der Waals surface area contributed by atoms with Gasteiger partial charge in [0.25, 0.3) is 0 Å². The van der Waals surface area contributed by atoms with Gasteiger partial charge in [-0.15, -0.1) is 0 Å². The molecule has 0 spiro atoms. The Balaban J connectivity index is 5.18. The van der Waals surface area contributed by atoms with Gasteiger partial charge < -0.3 is 9.64 Å². The zero-order chi connectivity index (χ0) is 30.9. The SMILES string of the molecule is CCC/C=C/C=C\CCCC(CCC/C=C\CCCCC)C(CCC/C=C\CCCCC)OC(=O)CCCCN(C)C. The van der Waals surface area contributed by atoms with Crippen LogP contribution in [0.25, 0.3) is 0 Å². The molecule has 0 saturated carbocycles. The molecular formula is C39H71NO2. The van der Waals surface area contributed by atoms with E-state index in [-0.39, 0.29) is 12.1 Å². The van der Waals surface area contributed by atoms with E-state index in [4.69, 9.17) is 4.74 Å². The van der Waals surface area contributed by atoms with Crippen LogP contribution >= 0.6 is 0 Å². The number of rotatable bonds is 30. The summed E-state index contributed by atoms with van der Waals surface area (Å²) < 4.78 is 6.30. The van der Waals surface area contributed by atoms with E-state index in [1.54, 1.807) is 0 Å². The molecule has 0 heterocycles. The molecule has 0 N–H and O–H groups in total. The van der Waals surface area contributed by atoms with Crippen molar-refractivity contribution in [1.29, 1.82) is 0 Å². The quantitative estimate of drug-likeness (QED) is 0.0363. The summed E-state index contributed by atoms with van der Waals surface area (Å²) in [6.07, 6.45) is 43.5. The van der Waals surface area contributed by atoms with Crippen LogP contribution in [0.4, 0.5) is 0 Å². The van der Waals surface area contributed by atoms with Crippen LogP contribution in [-0.4, -0.2) is 37.6 Å². The normalized spacial score (nSPS) is 13.9. The van der Waals surface area contributed by atoms with Crippen molar-refractivity contribution in [3.8, 4) is 0 Å². The standard InChI is InChI=1S/C39H71NO2/c1-6-9-12-15-18-21-24-27-32-37(33-28-25-22-19-16-13-10-7-2)38(34-29-26-23-20-17-14-11-8-3)42-39(41)35-30-31-36-40(4)5/h12,15,18-23,37-38H,6-11,13-14,16-17,24-36H2,1-5H3/b15-12+,21-18-,22-19-,23-20-. The van der Waals surface area contributed by atoms with Crippen LogP contribution in [0, 0.1) is 5.92 Å². The lowest BCUT2D eigenvalue weighted by molar-refractivity contribution is -0.153. The molecule has 2 atom stereocenters. The van der Waals surface area contributed by atoms with Gasteiger partial charge in [-0.3, -0.25) is 4.79 Å². The van der Waals surface area contributed by atoms with Crippen LogP contribution < -0.4 is 0 Å². The van der Waals surface area contributed by atoms with Gasteiger partial charge in [-0.1, -0.05) is 101 Å². The van der Waals surface area contributed by atoms with Crippen LogP contribution in [-0.2, 0) is 9.53 Å². The molecule has 0 radical (unpaired) electrons. The number of ether oxygens (including phenoxy) is 1. The van der Waals surface area contributed by atoms with Gasteiger partial charge in [-0.2, -0.15) is 0 Å². The van der Waals surface area contributed by atoms with Gasteiger partial charge in [0.2, 0.25) is 0 Å². The van der Waals surface area contributed by atoms with Gasteiger partial charge in [0.1, 0.15) is 6.10 Å². The Labute approximate surface area is 263 Å². The summed E-state index contributed by atoms with van der Waals surface area (Å²) in [6, 6.07) is 0. The average molecular weight is 586 g/mol.